The fourth-order valence-corrected chi connectivity index (χ4v) is 2.86. The molecule has 0 aliphatic rings. The number of aryl methyl sites for hydroxylation is 2. The molecule has 0 N–H and O–H groups in total. The lowest BCUT2D eigenvalue weighted by molar-refractivity contribution is 0.510. The Hall–Kier alpha value is -1.82. The number of thiazole rings is 1. The van der Waals surface area contributed by atoms with Crippen LogP contribution in [0.25, 0.3) is 11.0 Å². The summed E-state index contributed by atoms with van der Waals surface area (Å²) in [6.07, 6.45) is 1.58. The first kappa shape index (κ1) is 12.2. The summed E-state index contributed by atoms with van der Waals surface area (Å²) in [5.41, 5.74) is 2.02. The van der Waals surface area contributed by atoms with E-state index in [1.165, 1.54) is 6.07 Å². The van der Waals surface area contributed by atoms with Gasteiger partial charge in [-0.05, 0) is 13.8 Å². The molecule has 0 saturated carbocycles. The second kappa shape index (κ2) is 4.38. The van der Waals surface area contributed by atoms with Crippen molar-refractivity contribution < 1.29 is 8.78 Å². The standard InChI is InChI=1S/C13H11F2N3S/c1-7-8(2)19-13(17-7)5-18-6-16-11-3-9(14)10(15)4-12(11)18/h3-4,6H,5H2,1-2H3. The fourth-order valence-electron chi connectivity index (χ4n) is 1.93. The zero-order chi connectivity index (χ0) is 13.6. The molecule has 3 nitrogen and oxygen atoms in total. The molecule has 0 unspecified atom stereocenters. The van der Waals surface area contributed by atoms with Crippen molar-refractivity contribution in [3.63, 3.8) is 0 Å². The molecule has 0 fully saturated rings. The molecule has 0 spiro atoms. The van der Waals surface area contributed by atoms with E-state index >= 15 is 0 Å². The molecule has 0 bridgehead atoms. The van der Waals surface area contributed by atoms with Gasteiger partial charge in [0.2, 0.25) is 0 Å². The quantitative estimate of drug-likeness (QED) is 0.719. The first-order valence-electron chi connectivity index (χ1n) is 5.77. The van der Waals surface area contributed by atoms with Crippen LogP contribution in [-0.4, -0.2) is 14.5 Å². The molecule has 1 aromatic carbocycles. The highest BCUT2D eigenvalue weighted by Gasteiger charge is 2.11. The van der Waals surface area contributed by atoms with E-state index < -0.39 is 11.6 Å². The monoisotopic (exact) mass is 279 g/mol. The van der Waals surface area contributed by atoms with Gasteiger partial charge in [-0.15, -0.1) is 11.3 Å². The van der Waals surface area contributed by atoms with E-state index in [0.717, 1.165) is 21.6 Å². The van der Waals surface area contributed by atoms with Crippen LogP contribution < -0.4 is 0 Å². The predicted molar refractivity (Wildman–Crippen MR) is 70.3 cm³/mol. The normalized spacial score (nSPS) is 11.4. The van der Waals surface area contributed by atoms with E-state index in [4.69, 9.17) is 0 Å². The molecule has 3 aromatic rings. The van der Waals surface area contributed by atoms with E-state index in [2.05, 4.69) is 9.97 Å². The molecule has 98 valence electrons. The zero-order valence-electron chi connectivity index (χ0n) is 10.4. The summed E-state index contributed by atoms with van der Waals surface area (Å²) in [6, 6.07) is 2.28. The van der Waals surface area contributed by atoms with Crippen LogP contribution in [0.4, 0.5) is 8.78 Å². The number of fused-ring (bicyclic) bond motifs is 1. The molecule has 0 saturated heterocycles. The Morgan fingerprint density at radius 3 is 2.63 bits per heavy atom. The van der Waals surface area contributed by atoms with Crippen molar-refractivity contribution in [2.75, 3.05) is 0 Å². The molecule has 0 aliphatic heterocycles. The Labute approximate surface area is 112 Å². The van der Waals surface area contributed by atoms with Crippen LogP contribution in [0, 0.1) is 25.5 Å². The predicted octanol–water partition coefficient (Wildman–Crippen LogP) is 3.44. The molecule has 3 rings (SSSR count). The average Bonchev–Trinajstić information content (AvgIpc) is 2.86. The number of benzene rings is 1. The summed E-state index contributed by atoms with van der Waals surface area (Å²) in [5.74, 6) is -1.74. The summed E-state index contributed by atoms with van der Waals surface area (Å²) in [7, 11) is 0. The minimum atomic E-state index is -0.876. The number of imidazole rings is 1. The molecule has 0 aliphatic carbocycles. The number of nitrogens with zero attached hydrogens (tertiary/aromatic N) is 3. The van der Waals surface area contributed by atoms with Gasteiger partial charge in [0.1, 0.15) is 5.01 Å². The van der Waals surface area contributed by atoms with Crippen molar-refractivity contribution in [1.29, 1.82) is 0 Å². The molecule has 19 heavy (non-hydrogen) atoms. The highest BCUT2D eigenvalue weighted by atomic mass is 32.1. The maximum atomic E-state index is 13.3. The summed E-state index contributed by atoms with van der Waals surface area (Å²) in [5, 5.41) is 0.930. The third-order valence-electron chi connectivity index (χ3n) is 3.04. The van der Waals surface area contributed by atoms with Crippen molar-refractivity contribution in [3.8, 4) is 0 Å². The van der Waals surface area contributed by atoms with Gasteiger partial charge in [-0.1, -0.05) is 0 Å². The van der Waals surface area contributed by atoms with Gasteiger partial charge < -0.3 is 4.57 Å². The van der Waals surface area contributed by atoms with E-state index in [-0.39, 0.29) is 0 Å². The Morgan fingerprint density at radius 1 is 1.21 bits per heavy atom. The minimum absolute atomic E-state index is 0.448. The van der Waals surface area contributed by atoms with Gasteiger partial charge in [-0.25, -0.2) is 18.7 Å². The Balaban J connectivity index is 2.03. The molecule has 0 amide bonds. The summed E-state index contributed by atoms with van der Waals surface area (Å²) in [4.78, 5) is 9.68. The third-order valence-corrected chi connectivity index (χ3v) is 4.10. The topological polar surface area (TPSA) is 30.7 Å². The average molecular weight is 279 g/mol. The lowest BCUT2D eigenvalue weighted by Gasteiger charge is -2.01. The van der Waals surface area contributed by atoms with E-state index in [9.17, 15) is 8.78 Å². The number of rotatable bonds is 2. The molecule has 0 radical (unpaired) electrons. The largest absolute Gasteiger partial charge is 0.324 e. The molecule has 2 heterocycles. The van der Waals surface area contributed by atoms with Gasteiger partial charge in [-0.2, -0.15) is 0 Å². The summed E-state index contributed by atoms with van der Waals surface area (Å²) in [6.45, 7) is 4.48. The van der Waals surface area contributed by atoms with Crippen molar-refractivity contribution >= 4 is 22.4 Å². The maximum Gasteiger partial charge on any atom is 0.161 e. The highest BCUT2D eigenvalue weighted by Crippen LogP contribution is 2.21. The van der Waals surface area contributed by atoms with Crippen LogP contribution in [0.2, 0.25) is 0 Å². The summed E-state index contributed by atoms with van der Waals surface area (Å²) >= 11 is 1.60. The second-order valence-electron chi connectivity index (χ2n) is 4.38. The fraction of sp³-hybridized carbons (Fsp3) is 0.231. The van der Waals surface area contributed by atoms with Crippen LogP contribution >= 0.6 is 11.3 Å². The van der Waals surface area contributed by atoms with Gasteiger partial charge >= 0.3 is 0 Å². The molecular weight excluding hydrogens is 268 g/mol. The van der Waals surface area contributed by atoms with Gasteiger partial charge in [-0.3, -0.25) is 0 Å². The molecule has 6 heteroatoms. The molecule has 2 aromatic heterocycles. The Morgan fingerprint density at radius 2 is 1.95 bits per heavy atom. The van der Waals surface area contributed by atoms with Crippen LogP contribution in [0.3, 0.4) is 0 Å². The van der Waals surface area contributed by atoms with Gasteiger partial charge in [0.25, 0.3) is 0 Å². The van der Waals surface area contributed by atoms with Crippen molar-refractivity contribution in [3.05, 3.63) is 45.7 Å². The zero-order valence-corrected chi connectivity index (χ0v) is 11.3. The van der Waals surface area contributed by atoms with E-state index in [1.54, 1.807) is 22.2 Å². The first-order chi connectivity index (χ1) is 9.04. The lowest BCUT2D eigenvalue weighted by Crippen LogP contribution is -1.98. The van der Waals surface area contributed by atoms with Crippen LogP contribution in [0.5, 0.6) is 0 Å². The van der Waals surface area contributed by atoms with Crippen LogP contribution in [0.15, 0.2) is 18.5 Å². The Bertz CT molecular complexity index is 741. The van der Waals surface area contributed by atoms with Gasteiger partial charge in [0.15, 0.2) is 11.6 Å². The van der Waals surface area contributed by atoms with Crippen molar-refractivity contribution in [1.82, 2.24) is 14.5 Å². The van der Waals surface area contributed by atoms with E-state index in [1.807, 2.05) is 13.8 Å². The van der Waals surface area contributed by atoms with E-state index in [0.29, 0.717) is 17.6 Å². The summed E-state index contributed by atoms with van der Waals surface area (Å²) < 4.78 is 28.2. The minimum Gasteiger partial charge on any atom is -0.324 e. The Kier molecular flexibility index (Phi) is 2.82. The number of hydrogen-bond acceptors (Lipinski definition) is 3. The van der Waals surface area contributed by atoms with Crippen LogP contribution in [0.1, 0.15) is 15.6 Å². The first-order valence-corrected chi connectivity index (χ1v) is 6.59. The lowest BCUT2D eigenvalue weighted by atomic mass is 10.3. The third kappa shape index (κ3) is 2.12. The van der Waals surface area contributed by atoms with Crippen molar-refractivity contribution in [2.45, 2.75) is 20.4 Å². The SMILES string of the molecule is Cc1nc(Cn2cnc3cc(F)c(F)cc32)sc1C. The van der Waals surface area contributed by atoms with Crippen molar-refractivity contribution in [2.24, 2.45) is 0 Å². The van der Waals surface area contributed by atoms with Gasteiger partial charge in [0, 0.05) is 17.0 Å². The number of halogens is 2. The number of hydrogen-bond donors (Lipinski definition) is 0. The molecular formula is C13H11F2N3S. The number of aromatic nitrogens is 3. The highest BCUT2D eigenvalue weighted by molar-refractivity contribution is 7.11. The maximum absolute atomic E-state index is 13.3. The molecule has 0 atom stereocenters. The smallest absolute Gasteiger partial charge is 0.161 e. The van der Waals surface area contributed by atoms with Gasteiger partial charge in [0.05, 0.1) is 29.6 Å². The second-order valence-corrected chi connectivity index (χ2v) is 5.66. The van der Waals surface area contributed by atoms with Crippen LogP contribution in [-0.2, 0) is 6.54 Å².